The van der Waals surface area contributed by atoms with E-state index in [4.69, 9.17) is 11.6 Å². The van der Waals surface area contributed by atoms with E-state index in [-0.39, 0.29) is 18.4 Å². The Bertz CT molecular complexity index is 777. The van der Waals surface area contributed by atoms with E-state index in [1.54, 1.807) is 48.5 Å². The van der Waals surface area contributed by atoms with Crippen molar-refractivity contribution >= 4 is 40.8 Å². The Hall–Kier alpha value is -2.86. The van der Waals surface area contributed by atoms with Gasteiger partial charge in [-0.1, -0.05) is 29.8 Å². The van der Waals surface area contributed by atoms with Gasteiger partial charge in [0.25, 0.3) is 5.91 Å². The Morgan fingerprint density at radius 2 is 1.71 bits per heavy atom. The molecule has 2 N–H and O–H groups in total. The van der Waals surface area contributed by atoms with Crippen molar-refractivity contribution < 1.29 is 19.5 Å². The summed E-state index contributed by atoms with van der Waals surface area (Å²) in [5.41, 5.74) is 1.06. The zero-order valence-corrected chi connectivity index (χ0v) is 13.3. The highest BCUT2D eigenvalue weighted by molar-refractivity contribution is 6.31. The number of benzene rings is 2. The summed E-state index contributed by atoms with van der Waals surface area (Å²) >= 11 is 5.87. The van der Waals surface area contributed by atoms with Crippen LogP contribution in [0.25, 0.3) is 0 Å². The summed E-state index contributed by atoms with van der Waals surface area (Å²) < 4.78 is 0. The monoisotopic (exact) mass is 345 g/mol. The van der Waals surface area contributed by atoms with E-state index >= 15 is 0 Å². The van der Waals surface area contributed by atoms with Gasteiger partial charge >= 0.3 is 0 Å². The van der Waals surface area contributed by atoms with Crippen LogP contribution in [0.5, 0.6) is 0 Å². The standard InChI is InChI=1S/C17H15ClN2O4/c18-11-4-3-5-12(10-11)19-17(24)13-6-1-2-7-14(13)20-15(21)8-9-16(22)23/h1-7,10H,8-9H2,(H,19,24)(H,20,21)(H,22,23)/p-1. The van der Waals surface area contributed by atoms with Crippen LogP contribution in [0.15, 0.2) is 48.5 Å². The van der Waals surface area contributed by atoms with Crippen LogP contribution < -0.4 is 15.7 Å². The number of rotatable bonds is 6. The molecule has 0 unspecified atom stereocenters. The summed E-state index contributed by atoms with van der Waals surface area (Å²) in [4.78, 5) is 34.5. The van der Waals surface area contributed by atoms with Gasteiger partial charge in [-0.15, -0.1) is 0 Å². The Balaban J connectivity index is 2.11. The first kappa shape index (κ1) is 17.5. The third-order valence-electron chi connectivity index (χ3n) is 3.08. The highest BCUT2D eigenvalue weighted by Crippen LogP contribution is 2.19. The second kappa shape index (κ2) is 8.12. The van der Waals surface area contributed by atoms with Crippen molar-refractivity contribution in [2.24, 2.45) is 0 Å². The first-order valence-electron chi connectivity index (χ1n) is 7.11. The van der Waals surface area contributed by atoms with Crippen LogP contribution in [0.2, 0.25) is 5.02 Å². The number of nitrogens with one attached hydrogen (secondary N) is 2. The lowest BCUT2D eigenvalue weighted by Crippen LogP contribution is -2.24. The largest absolute Gasteiger partial charge is 0.550 e. The van der Waals surface area contributed by atoms with Crippen LogP contribution in [0.3, 0.4) is 0 Å². The molecule has 2 aromatic carbocycles. The molecule has 0 radical (unpaired) electrons. The molecule has 0 spiro atoms. The number of amides is 2. The van der Waals surface area contributed by atoms with Crippen molar-refractivity contribution in [3.05, 3.63) is 59.1 Å². The molecule has 2 aromatic rings. The van der Waals surface area contributed by atoms with E-state index < -0.39 is 17.8 Å². The van der Waals surface area contributed by atoms with E-state index in [0.29, 0.717) is 16.4 Å². The molecule has 2 rings (SSSR count). The number of para-hydroxylation sites is 1. The average Bonchev–Trinajstić information content (AvgIpc) is 2.53. The number of aliphatic carboxylic acids is 1. The zero-order chi connectivity index (χ0) is 17.5. The number of carbonyl (C=O) groups is 3. The van der Waals surface area contributed by atoms with Crippen LogP contribution in [0.1, 0.15) is 23.2 Å². The van der Waals surface area contributed by atoms with E-state index in [2.05, 4.69) is 10.6 Å². The first-order chi connectivity index (χ1) is 11.5. The fourth-order valence-electron chi connectivity index (χ4n) is 1.98. The van der Waals surface area contributed by atoms with Gasteiger partial charge in [0.2, 0.25) is 5.91 Å². The van der Waals surface area contributed by atoms with Crippen LogP contribution in [-0.4, -0.2) is 17.8 Å². The number of carboxylic acid groups (broad SMARTS) is 1. The SMILES string of the molecule is O=C([O-])CCC(=O)Nc1ccccc1C(=O)Nc1cccc(Cl)c1. The molecule has 2 amide bonds. The lowest BCUT2D eigenvalue weighted by Gasteiger charge is -2.12. The third kappa shape index (κ3) is 5.10. The van der Waals surface area contributed by atoms with Gasteiger partial charge in [0, 0.05) is 23.1 Å². The summed E-state index contributed by atoms with van der Waals surface area (Å²) in [5, 5.41) is 16.1. The summed E-state index contributed by atoms with van der Waals surface area (Å²) in [6.45, 7) is 0. The lowest BCUT2D eigenvalue weighted by atomic mass is 10.1. The molecule has 0 saturated heterocycles. The summed E-state index contributed by atoms with van der Waals surface area (Å²) in [5.74, 6) is -2.24. The zero-order valence-electron chi connectivity index (χ0n) is 12.5. The molecule has 0 saturated carbocycles. The average molecular weight is 346 g/mol. The summed E-state index contributed by atoms with van der Waals surface area (Å²) in [7, 11) is 0. The molecule has 24 heavy (non-hydrogen) atoms. The Labute approximate surface area is 143 Å². The molecule has 124 valence electrons. The maximum Gasteiger partial charge on any atom is 0.257 e. The van der Waals surface area contributed by atoms with E-state index in [1.807, 2.05) is 0 Å². The van der Waals surface area contributed by atoms with Crippen LogP contribution in [0, 0.1) is 0 Å². The first-order valence-corrected chi connectivity index (χ1v) is 7.49. The molecule has 0 aliphatic heterocycles. The van der Waals surface area contributed by atoms with Gasteiger partial charge in [-0.2, -0.15) is 0 Å². The van der Waals surface area contributed by atoms with Crippen LogP contribution in [0.4, 0.5) is 11.4 Å². The minimum absolute atomic E-state index is 0.230. The summed E-state index contributed by atoms with van der Waals surface area (Å²) in [6.07, 6.45) is -0.616. The molecule has 0 fully saturated rings. The minimum atomic E-state index is -1.31. The van der Waals surface area contributed by atoms with Crippen molar-refractivity contribution in [2.75, 3.05) is 10.6 Å². The maximum atomic E-state index is 12.4. The number of carbonyl (C=O) groups excluding carboxylic acids is 3. The van der Waals surface area contributed by atoms with E-state index in [1.165, 1.54) is 0 Å². The molecule has 0 aromatic heterocycles. The van der Waals surface area contributed by atoms with Gasteiger partial charge < -0.3 is 20.5 Å². The van der Waals surface area contributed by atoms with Crippen molar-refractivity contribution in [1.29, 1.82) is 0 Å². The number of anilines is 2. The number of halogens is 1. The molecule has 6 nitrogen and oxygen atoms in total. The van der Waals surface area contributed by atoms with Crippen molar-refractivity contribution in [2.45, 2.75) is 12.8 Å². The molecule has 0 bridgehead atoms. The lowest BCUT2D eigenvalue weighted by molar-refractivity contribution is -0.305. The fourth-order valence-corrected chi connectivity index (χ4v) is 2.17. The number of hydrogen-bond acceptors (Lipinski definition) is 4. The molecule has 7 heteroatoms. The van der Waals surface area contributed by atoms with Crippen LogP contribution in [-0.2, 0) is 9.59 Å². The number of carboxylic acids is 1. The molecular formula is C17H14ClN2O4-. The third-order valence-corrected chi connectivity index (χ3v) is 3.32. The highest BCUT2D eigenvalue weighted by atomic mass is 35.5. The fraction of sp³-hybridized carbons (Fsp3) is 0.118. The van der Waals surface area contributed by atoms with E-state index in [0.717, 1.165) is 0 Å². The van der Waals surface area contributed by atoms with Crippen LogP contribution >= 0.6 is 11.6 Å². The second-order valence-electron chi connectivity index (χ2n) is 4.93. The van der Waals surface area contributed by atoms with Gasteiger partial charge in [0.15, 0.2) is 0 Å². The smallest absolute Gasteiger partial charge is 0.257 e. The quantitative estimate of drug-likeness (QED) is 0.837. The predicted octanol–water partition coefficient (Wildman–Crippen LogP) is 2.06. The van der Waals surface area contributed by atoms with Gasteiger partial charge in [-0.3, -0.25) is 9.59 Å². The Morgan fingerprint density at radius 3 is 2.42 bits per heavy atom. The highest BCUT2D eigenvalue weighted by Gasteiger charge is 2.13. The minimum Gasteiger partial charge on any atom is -0.550 e. The molecule has 0 aliphatic carbocycles. The van der Waals surface area contributed by atoms with E-state index in [9.17, 15) is 19.5 Å². The number of hydrogen-bond donors (Lipinski definition) is 2. The Morgan fingerprint density at radius 1 is 0.958 bits per heavy atom. The van der Waals surface area contributed by atoms with Crippen molar-refractivity contribution in [1.82, 2.24) is 0 Å². The van der Waals surface area contributed by atoms with Gasteiger partial charge in [-0.05, 0) is 36.8 Å². The second-order valence-corrected chi connectivity index (χ2v) is 5.37. The van der Waals surface area contributed by atoms with Gasteiger partial charge in [-0.25, -0.2) is 0 Å². The Kier molecular flexibility index (Phi) is 5.92. The molecule has 0 heterocycles. The molecular weight excluding hydrogens is 332 g/mol. The van der Waals surface area contributed by atoms with Gasteiger partial charge in [0.1, 0.15) is 0 Å². The predicted molar refractivity (Wildman–Crippen MR) is 88.7 cm³/mol. The summed E-state index contributed by atoms with van der Waals surface area (Å²) in [6, 6.07) is 13.1. The molecule has 0 atom stereocenters. The van der Waals surface area contributed by atoms with Crippen molar-refractivity contribution in [3.8, 4) is 0 Å². The topological polar surface area (TPSA) is 98.3 Å². The normalized spacial score (nSPS) is 10.0. The molecule has 0 aliphatic rings. The van der Waals surface area contributed by atoms with Crippen molar-refractivity contribution in [3.63, 3.8) is 0 Å². The van der Waals surface area contributed by atoms with Gasteiger partial charge in [0.05, 0.1) is 11.3 Å². The maximum absolute atomic E-state index is 12.4.